The molecule has 0 saturated carbocycles. The Bertz CT molecular complexity index is 642. The molecule has 0 bridgehead atoms. The van der Waals surface area contributed by atoms with E-state index >= 15 is 0 Å². The molecule has 0 unspecified atom stereocenters. The molecule has 6 nitrogen and oxygen atoms in total. The number of benzene rings is 1. The third kappa shape index (κ3) is 5.11. The van der Waals surface area contributed by atoms with E-state index in [1.54, 1.807) is 11.9 Å². The molecular formula is C15H21N5OS2. The first-order valence-corrected chi connectivity index (χ1v) is 8.94. The van der Waals surface area contributed by atoms with Crippen LogP contribution in [-0.4, -0.2) is 54.9 Å². The van der Waals surface area contributed by atoms with Crippen molar-refractivity contribution in [3.8, 4) is 0 Å². The van der Waals surface area contributed by atoms with Crippen molar-refractivity contribution in [3.63, 3.8) is 0 Å². The van der Waals surface area contributed by atoms with E-state index in [1.165, 1.54) is 23.1 Å². The van der Waals surface area contributed by atoms with Gasteiger partial charge in [-0.15, -0.1) is 10.2 Å². The number of thioether (sulfide) groups is 1. The lowest BCUT2D eigenvalue weighted by molar-refractivity contribution is -0.127. The maximum absolute atomic E-state index is 12.2. The fourth-order valence-electron chi connectivity index (χ4n) is 1.86. The van der Waals surface area contributed by atoms with E-state index in [4.69, 9.17) is 0 Å². The van der Waals surface area contributed by atoms with Crippen molar-refractivity contribution in [3.05, 3.63) is 29.8 Å². The van der Waals surface area contributed by atoms with E-state index in [-0.39, 0.29) is 5.91 Å². The predicted molar refractivity (Wildman–Crippen MR) is 97.4 cm³/mol. The number of hydrogen-bond donors (Lipinski definition) is 1. The van der Waals surface area contributed by atoms with Gasteiger partial charge in [-0.3, -0.25) is 4.79 Å². The quantitative estimate of drug-likeness (QED) is 0.773. The van der Waals surface area contributed by atoms with Crippen LogP contribution in [0, 0.1) is 0 Å². The predicted octanol–water partition coefficient (Wildman–Crippen LogP) is 2.40. The van der Waals surface area contributed by atoms with Gasteiger partial charge in [-0.1, -0.05) is 35.2 Å². The van der Waals surface area contributed by atoms with Gasteiger partial charge in [0.05, 0.1) is 5.75 Å². The molecule has 0 radical (unpaired) electrons. The Morgan fingerprint density at radius 2 is 1.91 bits per heavy atom. The highest BCUT2D eigenvalue weighted by molar-refractivity contribution is 8.01. The van der Waals surface area contributed by atoms with Crippen molar-refractivity contribution in [1.82, 2.24) is 15.1 Å². The van der Waals surface area contributed by atoms with Crippen LogP contribution in [0.1, 0.15) is 5.56 Å². The molecule has 1 amide bonds. The molecule has 23 heavy (non-hydrogen) atoms. The summed E-state index contributed by atoms with van der Waals surface area (Å²) < 4.78 is 0.798. The lowest BCUT2D eigenvalue weighted by Gasteiger charge is -2.18. The molecule has 1 N–H and O–H groups in total. The van der Waals surface area contributed by atoms with Crippen molar-refractivity contribution < 1.29 is 4.79 Å². The van der Waals surface area contributed by atoms with Crippen LogP contribution in [0.25, 0.3) is 0 Å². The van der Waals surface area contributed by atoms with Crippen LogP contribution < -0.4 is 10.2 Å². The molecule has 1 heterocycles. The zero-order valence-electron chi connectivity index (χ0n) is 13.7. The number of nitrogens with one attached hydrogen (secondary N) is 1. The lowest BCUT2D eigenvalue weighted by atomic mass is 10.2. The van der Waals surface area contributed by atoms with Crippen LogP contribution in [0.2, 0.25) is 0 Å². The Hall–Kier alpha value is -1.80. The summed E-state index contributed by atoms with van der Waals surface area (Å²) in [6.07, 6.45) is 0. The summed E-state index contributed by atoms with van der Waals surface area (Å²) in [5.41, 5.74) is 2.26. The van der Waals surface area contributed by atoms with Crippen molar-refractivity contribution in [2.45, 2.75) is 10.9 Å². The third-order valence-corrected chi connectivity index (χ3v) is 5.30. The minimum absolute atomic E-state index is 0.0768. The smallest absolute Gasteiger partial charge is 0.233 e. The van der Waals surface area contributed by atoms with E-state index in [1.807, 2.05) is 21.1 Å². The minimum Gasteiger partial charge on any atom is -0.378 e. The molecule has 0 aliphatic carbocycles. The summed E-state index contributed by atoms with van der Waals surface area (Å²) in [7, 11) is 7.64. The second-order valence-electron chi connectivity index (χ2n) is 5.22. The van der Waals surface area contributed by atoms with E-state index < -0.39 is 0 Å². The van der Waals surface area contributed by atoms with E-state index in [0.29, 0.717) is 12.3 Å². The molecule has 0 atom stereocenters. The third-order valence-electron chi connectivity index (χ3n) is 3.24. The fraction of sp³-hybridized carbons (Fsp3) is 0.400. The second kappa shape index (κ2) is 8.16. The molecule has 2 rings (SSSR count). The van der Waals surface area contributed by atoms with Crippen molar-refractivity contribution >= 4 is 39.8 Å². The molecule has 0 aliphatic heterocycles. The highest BCUT2D eigenvalue weighted by Gasteiger charge is 2.12. The van der Waals surface area contributed by atoms with Gasteiger partial charge < -0.3 is 15.1 Å². The normalized spacial score (nSPS) is 10.4. The largest absolute Gasteiger partial charge is 0.378 e. The van der Waals surface area contributed by atoms with Gasteiger partial charge in [-0.25, -0.2) is 0 Å². The molecule has 124 valence electrons. The molecule has 0 fully saturated rings. The number of amides is 1. The SMILES string of the molecule is CNc1nnc(SCC(=O)N(C)Cc2ccc(N(C)C)cc2)s1. The fourth-order valence-corrected chi connectivity index (χ4v) is 3.51. The molecule has 0 spiro atoms. The van der Waals surface area contributed by atoms with Crippen LogP contribution in [0.5, 0.6) is 0 Å². The average Bonchev–Trinajstić information content (AvgIpc) is 3.01. The lowest BCUT2D eigenvalue weighted by Crippen LogP contribution is -2.27. The minimum atomic E-state index is 0.0768. The molecule has 8 heteroatoms. The van der Waals surface area contributed by atoms with Gasteiger partial charge in [0, 0.05) is 40.4 Å². The first kappa shape index (κ1) is 17.6. The Kier molecular flexibility index (Phi) is 6.23. The maximum Gasteiger partial charge on any atom is 0.233 e. The number of rotatable bonds is 7. The van der Waals surface area contributed by atoms with Crippen LogP contribution in [0.3, 0.4) is 0 Å². The Labute approximate surface area is 144 Å². The summed E-state index contributed by atoms with van der Waals surface area (Å²) in [5.74, 6) is 0.442. The van der Waals surface area contributed by atoms with Gasteiger partial charge in [0.25, 0.3) is 0 Å². The number of carbonyl (C=O) groups is 1. The van der Waals surface area contributed by atoms with Gasteiger partial charge >= 0.3 is 0 Å². The van der Waals surface area contributed by atoms with Crippen molar-refractivity contribution in [1.29, 1.82) is 0 Å². The summed E-state index contributed by atoms with van der Waals surface area (Å²) >= 11 is 2.87. The number of carbonyl (C=O) groups excluding carboxylic acids is 1. The number of aromatic nitrogens is 2. The molecule has 0 saturated heterocycles. The summed E-state index contributed by atoms with van der Waals surface area (Å²) in [4.78, 5) is 16.0. The van der Waals surface area contributed by atoms with Crippen LogP contribution in [0.15, 0.2) is 28.6 Å². The number of hydrogen-bond acceptors (Lipinski definition) is 7. The van der Waals surface area contributed by atoms with E-state index in [0.717, 1.165) is 20.7 Å². The standard InChI is InChI=1S/C15H21N5OS2/c1-16-14-17-18-15(23-14)22-10-13(21)20(4)9-11-5-7-12(8-6-11)19(2)3/h5-8H,9-10H2,1-4H3,(H,16,17). The summed E-state index contributed by atoms with van der Waals surface area (Å²) in [6.45, 7) is 0.602. The van der Waals surface area contributed by atoms with Gasteiger partial charge in [0.1, 0.15) is 0 Å². The average molecular weight is 352 g/mol. The summed E-state index contributed by atoms with van der Waals surface area (Å²) in [6, 6.07) is 8.22. The summed E-state index contributed by atoms with van der Waals surface area (Å²) in [5, 5.41) is 11.7. The van der Waals surface area contributed by atoms with E-state index in [2.05, 4.69) is 44.7 Å². The molecule has 0 aliphatic rings. The van der Waals surface area contributed by atoms with Crippen LogP contribution >= 0.6 is 23.1 Å². The second-order valence-corrected chi connectivity index (χ2v) is 7.42. The first-order chi connectivity index (χ1) is 11.0. The van der Waals surface area contributed by atoms with Crippen LogP contribution in [0.4, 0.5) is 10.8 Å². The van der Waals surface area contributed by atoms with Gasteiger partial charge in [-0.2, -0.15) is 0 Å². The molecular weight excluding hydrogens is 330 g/mol. The zero-order chi connectivity index (χ0) is 16.8. The van der Waals surface area contributed by atoms with E-state index in [9.17, 15) is 4.79 Å². The van der Waals surface area contributed by atoms with Crippen molar-refractivity contribution in [2.24, 2.45) is 0 Å². The van der Waals surface area contributed by atoms with Gasteiger partial charge in [-0.05, 0) is 17.7 Å². The highest BCUT2D eigenvalue weighted by Crippen LogP contribution is 2.25. The van der Waals surface area contributed by atoms with Gasteiger partial charge in [0.15, 0.2) is 4.34 Å². The highest BCUT2D eigenvalue weighted by atomic mass is 32.2. The Balaban J connectivity index is 1.84. The van der Waals surface area contributed by atoms with Crippen LogP contribution in [-0.2, 0) is 11.3 Å². The topological polar surface area (TPSA) is 61.4 Å². The zero-order valence-corrected chi connectivity index (χ0v) is 15.4. The molecule has 1 aromatic carbocycles. The Morgan fingerprint density at radius 1 is 1.22 bits per heavy atom. The first-order valence-electron chi connectivity index (χ1n) is 7.14. The molecule has 2 aromatic rings. The molecule has 1 aromatic heterocycles. The number of anilines is 2. The van der Waals surface area contributed by atoms with Crippen molar-refractivity contribution in [2.75, 3.05) is 44.2 Å². The monoisotopic (exact) mass is 351 g/mol. The number of nitrogens with zero attached hydrogens (tertiary/aromatic N) is 4. The van der Waals surface area contributed by atoms with Gasteiger partial charge in [0.2, 0.25) is 11.0 Å². The Morgan fingerprint density at radius 3 is 2.48 bits per heavy atom. The maximum atomic E-state index is 12.2.